The molecular formula is C40H39F3N8O7. The van der Waals surface area contributed by atoms with Crippen LogP contribution in [0.3, 0.4) is 0 Å². The molecule has 2 aromatic heterocycles. The van der Waals surface area contributed by atoms with E-state index in [0.717, 1.165) is 17.8 Å². The number of ether oxygens (including phenoxy) is 3. The number of carbonyl (C=O) groups excluding carboxylic acids is 1. The number of halogens is 3. The molecule has 7 rings (SSSR count). The van der Waals surface area contributed by atoms with Crippen LogP contribution in [0.15, 0.2) is 58.6 Å². The second kappa shape index (κ2) is 15.7. The van der Waals surface area contributed by atoms with Gasteiger partial charge in [-0.25, -0.2) is 27.9 Å². The van der Waals surface area contributed by atoms with Gasteiger partial charge in [-0.15, -0.1) is 0 Å². The number of amides is 1. The summed E-state index contributed by atoms with van der Waals surface area (Å²) in [5.74, 6) is -3.25. The first-order chi connectivity index (χ1) is 27.8. The fourth-order valence-corrected chi connectivity index (χ4v) is 7.45. The van der Waals surface area contributed by atoms with E-state index in [1.165, 1.54) is 60.1 Å². The molecule has 1 atom stereocenters. The predicted molar refractivity (Wildman–Crippen MR) is 209 cm³/mol. The Morgan fingerprint density at radius 2 is 1.76 bits per heavy atom. The average molecular weight is 801 g/mol. The van der Waals surface area contributed by atoms with Gasteiger partial charge in [-0.05, 0) is 55.8 Å². The highest BCUT2D eigenvalue weighted by molar-refractivity contribution is 6.54. The number of aromatic carboxylic acids is 1. The summed E-state index contributed by atoms with van der Waals surface area (Å²) in [4.78, 5) is 56.6. The van der Waals surface area contributed by atoms with Crippen LogP contribution >= 0.6 is 0 Å². The lowest BCUT2D eigenvalue weighted by atomic mass is 10.1. The number of aromatic nitrogens is 3. The summed E-state index contributed by atoms with van der Waals surface area (Å²) in [6.45, 7) is 4.20. The van der Waals surface area contributed by atoms with Crippen LogP contribution in [-0.2, 0) is 17.8 Å². The summed E-state index contributed by atoms with van der Waals surface area (Å²) >= 11 is 0. The van der Waals surface area contributed by atoms with E-state index in [4.69, 9.17) is 19.9 Å². The number of pyridine rings is 1. The number of carboxylic acid groups (broad SMARTS) is 1. The molecule has 3 aromatic carbocycles. The van der Waals surface area contributed by atoms with Crippen LogP contribution in [0, 0.1) is 17.5 Å². The molecule has 0 saturated carbocycles. The minimum atomic E-state index is -1.50. The number of methoxy groups -OCH3 is 3. The summed E-state index contributed by atoms with van der Waals surface area (Å²) in [6, 6.07) is 7.99. The lowest BCUT2D eigenvalue weighted by Gasteiger charge is -2.42. The smallest absolute Gasteiger partial charge is 0.341 e. The number of carboxylic acids is 1. The largest absolute Gasteiger partial charge is 0.493 e. The predicted octanol–water partition coefficient (Wildman–Crippen LogP) is 4.76. The molecule has 0 spiro atoms. The van der Waals surface area contributed by atoms with Gasteiger partial charge in [0, 0.05) is 62.2 Å². The lowest BCUT2D eigenvalue weighted by molar-refractivity contribution is -0.112. The molecule has 4 heterocycles. The molecule has 0 aliphatic carbocycles. The molecule has 1 saturated heterocycles. The molecule has 58 heavy (non-hydrogen) atoms. The molecule has 0 bridgehead atoms. The Balaban J connectivity index is 1.12. The zero-order valence-corrected chi connectivity index (χ0v) is 32.2. The lowest BCUT2D eigenvalue weighted by Crippen LogP contribution is -2.56. The summed E-state index contributed by atoms with van der Waals surface area (Å²) < 4.78 is 64.1. The number of rotatable bonds is 11. The molecular weight excluding hydrogens is 761 g/mol. The van der Waals surface area contributed by atoms with Gasteiger partial charge >= 0.3 is 5.97 Å². The van der Waals surface area contributed by atoms with Crippen molar-refractivity contribution < 1.29 is 42.1 Å². The Morgan fingerprint density at radius 1 is 1.03 bits per heavy atom. The summed E-state index contributed by atoms with van der Waals surface area (Å²) in [7, 11) is 4.53. The second-order valence-electron chi connectivity index (χ2n) is 13.8. The molecule has 0 radical (unpaired) electrons. The first-order valence-electron chi connectivity index (χ1n) is 18.2. The van der Waals surface area contributed by atoms with Crippen molar-refractivity contribution in [1.82, 2.24) is 19.4 Å². The van der Waals surface area contributed by atoms with Crippen LogP contribution in [0.4, 0.5) is 36.3 Å². The van der Waals surface area contributed by atoms with Gasteiger partial charge in [0.25, 0.3) is 11.9 Å². The van der Waals surface area contributed by atoms with Gasteiger partial charge in [-0.1, -0.05) is 0 Å². The summed E-state index contributed by atoms with van der Waals surface area (Å²) in [5.41, 5.74) is 6.11. The topological polar surface area (TPSA) is 178 Å². The molecule has 3 N–H and O–H groups in total. The monoisotopic (exact) mass is 800 g/mol. The number of anilines is 3. The van der Waals surface area contributed by atoms with Crippen molar-refractivity contribution >= 4 is 51.6 Å². The summed E-state index contributed by atoms with van der Waals surface area (Å²) in [6.07, 6.45) is 2.85. The van der Waals surface area contributed by atoms with E-state index in [-0.39, 0.29) is 78.5 Å². The molecule has 2 aliphatic heterocycles. The van der Waals surface area contributed by atoms with Crippen molar-refractivity contribution in [3.05, 3.63) is 98.7 Å². The minimum Gasteiger partial charge on any atom is -0.493 e. The van der Waals surface area contributed by atoms with Crippen molar-refractivity contribution in [1.29, 1.82) is 0 Å². The Bertz CT molecular complexity index is 2560. The van der Waals surface area contributed by atoms with E-state index in [0.29, 0.717) is 34.9 Å². The van der Waals surface area contributed by atoms with Gasteiger partial charge in [0.2, 0.25) is 11.2 Å². The number of nitrogens with zero attached hydrogens (tertiary/aromatic N) is 7. The van der Waals surface area contributed by atoms with Crippen molar-refractivity contribution in [3.63, 3.8) is 0 Å². The third-order valence-corrected chi connectivity index (χ3v) is 10.4. The first kappa shape index (κ1) is 39.5. The first-order valence-corrected chi connectivity index (χ1v) is 18.2. The van der Waals surface area contributed by atoms with Crippen LogP contribution < -0.4 is 35.2 Å². The van der Waals surface area contributed by atoms with E-state index >= 15 is 8.78 Å². The third-order valence-electron chi connectivity index (χ3n) is 10.4. The van der Waals surface area contributed by atoms with Gasteiger partial charge in [-0.3, -0.25) is 19.4 Å². The van der Waals surface area contributed by atoms with Crippen LogP contribution in [0.5, 0.6) is 17.2 Å². The van der Waals surface area contributed by atoms with E-state index in [9.17, 15) is 23.9 Å². The van der Waals surface area contributed by atoms with Crippen molar-refractivity contribution in [3.8, 4) is 17.2 Å². The second-order valence-corrected chi connectivity index (χ2v) is 13.8. The van der Waals surface area contributed by atoms with Crippen molar-refractivity contribution in [2.75, 3.05) is 63.2 Å². The number of hydrogen-bond donors (Lipinski definition) is 2. The van der Waals surface area contributed by atoms with Crippen LogP contribution in [0.1, 0.15) is 40.9 Å². The molecule has 15 nitrogen and oxygen atoms in total. The molecule has 5 aromatic rings. The molecule has 302 valence electrons. The number of nitrogens with two attached hydrogens (primary N) is 1. The highest BCUT2D eigenvalue weighted by Gasteiger charge is 2.38. The van der Waals surface area contributed by atoms with Gasteiger partial charge in [0.05, 0.1) is 44.6 Å². The van der Waals surface area contributed by atoms with Crippen LogP contribution in [0.2, 0.25) is 0 Å². The molecule has 1 fully saturated rings. The maximum atomic E-state index is 16.2. The SMILES string of the molecule is CCn1cc(C(=O)O)c(=O)c2cc(F)c(N3CCN(CN4C(=O)C(=Nc5ncc(Cc6cc(OC)c(OC)c(OC)c6)c(N)n5)c5cc(F)ccc54)C(C)C3)c(F)c21. The number of aliphatic imine (C=N–C) groups is 1. The number of fused-ring (bicyclic) bond motifs is 2. The quantitative estimate of drug-likeness (QED) is 0.188. The number of piperazine rings is 1. The highest BCUT2D eigenvalue weighted by atomic mass is 19.1. The molecule has 1 unspecified atom stereocenters. The Hall–Kier alpha value is -6.69. The van der Waals surface area contributed by atoms with Gasteiger partial charge in [0.1, 0.15) is 34.4 Å². The molecule has 1 amide bonds. The highest BCUT2D eigenvalue weighted by Crippen LogP contribution is 2.39. The van der Waals surface area contributed by atoms with E-state index in [1.54, 1.807) is 19.1 Å². The number of aryl methyl sites for hydroxylation is 1. The zero-order chi connectivity index (χ0) is 41.6. The fraction of sp³-hybridized carbons (Fsp3) is 0.300. The Labute approximate surface area is 329 Å². The zero-order valence-electron chi connectivity index (χ0n) is 32.2. The van der Waals surface area contributed by atoms with Crippen LogP contribution in [0.25, 0.3) is 10.9 Å². The molecule has 2 aliphatic rings. The van der Waals surface area contributed by atoms with Crippen molar-refractivity contribution in [2.24, 2.45) is 4.99 Å². The average Bonchev–Trinajstić information content (AvgIpc) is 3.44. The Morgan fingerprint density at radius 3 is 2.38 bits per heavy atom. The van der Waals surface area contributed by atoms with Gasteiger partial charge in [0.15, 0.2) is 17.3 Å². The number of benzene rings is 3. The van der Waals surface area contributed by atoms with E-state index in [1.807, 2.05) is 11.8 Å². The maximum Gasteiger partial charge on any atom is 0.341 e. The molecule has 18 heteroatoms. The maximum absolute atomic E-state index is 16.2. The Kier molecular flexibility index (Phi) is 10.7. The third kappa shape index (κ3) is 6.99. The number of carbonyl (C=O) groups is 2. The standard InChI is InChI=1S/C40H39F3N8O7/c1-6-48-18-26(39(54)55)35(52)25-15-27(42)34(31(43)33(25)48)49-9-10-50(20(2)17-49)19-51-28-8-7-23(41)14-24(28)32(38(51)53)46-40-45-16-22(37(44)47-40)11-21-12-29(56-3)36(58-5)30(13-21)57-4/h7-8,12-16,18,20H,6,9-11,17,19H2,1-5H3,(H,54,55)(H2,44,45,47). The number of hydrogen-bond acceptors (Lipinski definition) is 12. The van der Waals surface area contributed by atoms with Gasteiger partial charge < -0.3 is 34.5 Å². The normalized spacial score (nSPS) is 16.3. The van der Waals surface area contributed by atoms with Crippen molar-refractivity contribution in [2.45, 2.75) is 32.9 Å². The van der Waals surface area contributed by atoms with Gasteiger partial charge in [-0.2, -0.15) is 4.98 Å². The minimum absolute atomic E-state index is 0.0399. The number of nitrogen functional groups attached to an aromatic ring is 1. The van der Waals surface area contributed by atoms with Crippen LogP contribution in [-0.4, -0.2) is 95.8 Å². The fourth-order valence-electron chi connectivity index (χ4n) is 7.45. The van der Waals surface area contributed by atoms with E-state index < -0.39 is 40.3 Å². The van der Waals surface area contributed by atoms with E-state index in [2.05, 4.69) is 15.0 Å². The summed E-state index contributed by atoms with van der Waals surface area (Å²) in [5, 5.41) is 9.11.